The predicted octanol–water partition coefficient (Wildman–Crippen LogP) is 8.33. The molecule has 84 heavy (non-hydrogen) atoms. The van der Waals surface area contributed by atoms with Gasteiger partial charge < -0.3 is 89.9 Å². The number of carbonyl (C=O) groups excluding carboxylic acids is 1. The molecule has 17 atom stereocenters. The van der Waals surface area contributed by atoms with Gasteiger partial charge in [0.05, 0.1) is 38.6 Å². The highest BCUT2D eigenvalue weighted by Gasteiger charge is 2.53. The molecule has 0 bridgehead atoms. The second kappa shape index (κ2) is 48.6. The Morgan fingerprint density at radius 3 is 1.04 bits per heavy atom. The smallest absolute Gasteiger partial charge is 0.220 e. The molecule has 19 nitrogen and oxygen atoms in total. The second-order valence-corrected chi connectivity index (χ2v) is 25.0. The van der Waals surface area contributed by atoms with Crippen molar-refractivity contribution in [2.45, 2.75) is 381 Å². The van der Waals surface area contributed by atoms with Crippen molar-refractivity contribution in [1.82, 2.24) is 5.32 Å². The first kappa shape index (κ1) is 77.0. The van der Waals surface area contributed by atoms with Gasteiger partial charge in [-0.25, -0.2) is 0 Å². The summed E-state index contributed by atoms with van der Waals surface area (Å²) in [6, 6.07) is -0.881. The Balaban J connectivity index is 1.43. The first-order valence-electron chi connectivity index (χ1n) is 34.3. The normalized spacial score (nSPS) is 29.1. The fourth-order valence-corrected chi connectivity index (χ4v) is 12.1. The van der Waals surface area contributed by atoms with Crippen molar-refractivity contribution in [1.29, 1.82) is 0 Å². The topological polar surface area (TPSA) is 307 Å². The lowest BCUT2D eigenvalue weighted by molar-refractivity contribution is -0.379. The molecular weight excluding hydrogens is 1080 g/mol. The third kappa shape index (κ3) is 31.0. The number of ether oxygens (including phenoxy) is 6. The zero-order valence-electron chi connectivity index (χ0n) is 52.4. The minimum absolute atomic E-state index is 0.236. The Kier molecular flexibility index (Phi) is 44.6. The molecule has 0 aromatic carbocycles. The number of hydrogen-bond donors (Lipinski definition) is 12. The van der Waals surface area contributed by atoms with Gasteiger partial charge in [-0.2, -0.15) is 0 Å². The number of nitrogens with one attached hydrogen (secondary N) is 1. The zero-order valence-corrected chi connectivity index (χ0v) is 52.4. The van der Waals surface area contributed by atoms with Gasteiger partial charge in [-0.05, 0) is 12.8 Å². The third-order valence-corrected chi connectivity index (χ3v) is 17.7. The average molecular weight is 1210 g/mol. The van der Waals surface area contributed by atoms with Crippen molar-refractivity contribution in [2.75, 3.05) is 26.4 Å². The standard InChI is InChI=1S/C65H125NO18/c1-3-5-7-9-11-13-15-17-19-21-22-23-24-25-26-27-29-31-33-35-37-39-41-43-53(71)66-48(49(70)42-40-38-36-34-32-30-28-20-18-16-14-12-10-8-6-4-2)47-79-63-59(77)56(74)61(51(45-68)81-63)84-65-60(78)57(75)62(52(46-69)82-65)83-64-58(76)55(73)54(72)50(44-67)80-64/h48-52,54-65,67-70,72-78H,3-47H2,1-2H3,(H,66,71). The van der Waals surface area contributed by atoms with E-state index in [1.807, 2.05) is 0 Å². The van der Waals surface area contributed by atoms with Crippen LogP contribution in [0.15, 0.2) is 0 Å². The van der Waals surface area contributed by atoms with Gasteiger partial charge in [0.25, 0.3) is 0 Å². The van der Waals surface area contributed by atoms with Crippen LogP contribution in [-0.4, -0.2) is 193 Å². The van der Waals surface area contributed by atoms with Crippen molar-refractivity contribution in [3.05, 3.63) is 0 Å². The minimum atomic E-state index is -1.97. The zero-order chi connectivity index (χ0) is 61.2. The van der Waals surface area contributed by atoms with E-state index in [0.29, 0.717) is 12.8 Å². The highest BCUT2D eigenvalue weighted by molar-refractivity contribution is 5.76. The van der Waals surface area contributed by atoms with E-state index in [2.05, 4.69) is 19.2 Å². The monoisotopic (exact) mass is 1210 g/mol. The first-order valence-corrected chi connectivity index (χ1v) is 34.3. The van der Waals surface area contributed by atoms with E-state index in [1.165, 1.54) is 199 Å². The van der Waals surface area contributed by atoms with Crippen LogP contribution in [0.1, 0.15) is 277 Å². The molecule has 3 fully saturated rings. The number of unbranched alkanes of at least 4 members (excludes halogenated alkanes) is 37. The van der Waals surface area contributed by atoms with E-state index in [0.717, 1.165) is 44.9 Å². The fraction of sp³-hybridized carbons (Fsp3) is 0.985. The Bertz CT molecular complexity index is 1540. The van der Waals surface area contributed by atoms with E-state index in [1.54, 1.807) is 0 Å². The molecule has 0 aliphatic carbocycles. The van der Waals surface area contributed by atoms with Gasteiger partial charge in [-0.15, -0.1) is 0 Å². The summed E-state index contributed by atoms with van der Waals surface area (Å²) in [5.74, 6) is -0.236. The molecule has 0 aromatic rings. The predicted molar refractivity (Wildman–Crippen MR) is 324 cm³/mol. The molecule has 1 amide bonds. The van der Waals surface area contributed by atoms with Gasteiger partial charge >= 0.3 is 0 Å². The van der Waals surface area contributed by atoms with Gasteiger partial charge in [0.15, 0.2) is 18.9 Å². The maximum atomic E-state index is 13.4. The maximum Gasteiger partial charge on any atom is 0.220 e. The van der Waals surface area contributed by atoms with Gasteiger partial charge in [0.1, 0.15) is 73.2 Å². The third-order valence-electron chi connectivity index (χ3n) is 17.7. The van der Waals surface area contributed by atoms with Crippen molar-refractivity contribution in [2.24, 2.45) is 0 Å². The minimum Gasteiger partial charge on any atom is -0.394 e. The van der Waals surface area contributed by atoms with Crippen LogP contribution < -0.4 is 5.32 Å². The SMILES string of the molecule is CCCCCCCCCCCCCCCCCCCCCCCCCC(=O)NC(COC1OC(CO)C(OC2OC(CO)C(OC3OC(CO)C(O)C(O)C3O)C(O)C2O)C(O)C1O)C(O)CCCCCCCCCCCCCCCCCC. The van der Waals surface area contributed by atoms with Crippen LogP contribution in [0.2, 0.25) is 0 Å². The van der Waals surface area contributed by atoms with Crippen LogP contribution in [0.25, 0.3) is 0 Å². The van der Waals surface area contributed by atoms with Crippen LogP contribution in [0.5, 0.6) is 0 Å². The summed E-state index contributed by atoms with van der Waals surface area (Å²) in [7, 11) is 0. The van der Waals surface area contributed by atoms with Crippen LogP contribution in [-0.2, 0) is 33.2 Å². The van der Waals surface area contributed by atoms with Gasteiger partial charge in [-0.3, -0.25) is 4.79 Å². The fourth-order valence-electron chi connectivity index (χ4n) is 12.1. The number of aliphatic hydroxyl groups is 11. The van der Waals surface area contributed by atoms with Crippen LogP contribution >= 0.6 is 0 Å². The summed E-state index contributed by atoms with van der Waals surface area (Å²) in [4.78, 5) is 13.4. The highest BCUT2D eigenvalue weighted by atomic mass is 16.8. The van der Waals surface area contributed by atoms with Gasteiger partial charge in [0.2, 0.25) is 5.91 Å². The van der Waals surface area contributed by atoms with Gasteiger partial charge in [0, 0.05) is 6.42 Å². The molecule has 3 aliphatic heterocycles. The summed E-state index contributed by atoms with van der Waals surface area (Å²) in [5.41, 5.74) is 0. The van der Waals surface area contributed by atoms with E-state index in [9.17, 15) is 61.0 Å². The number of carbonyl (C=O) groups is 1. The summed E-state index contributed by atoms with van der Waals surface area (Å²) >= 11 is 0. The number of amides is 1. The summed E-state index contributed by atoms with van der Waals surface area (Å²) in [5, 5.41) is 121. The van der Waals surface area contributed by atoms with Crippen LogP contribution in [0.4, 0.5) is 0 Å². The summed E-state index contributed by atoms with van der Waals surface area (Å²) < 4.78 is 34.4. The Morgan fingerprint density at radius 2 is 0.679 bits per heavy atom. The second-order valence-electron chi connectivity index (χ2n) is 25.0. The Morgan fingerprint density at radius 1 is 0.381 bits per heavy atom. The highest BCUT2D eigenvalue weighted by Crippen LogP contribution is 2.33. The first-order chi connectivity index (χ1) is 40.8. The van der Waals surface area contributed by atoms with E-state index in [-0.39, 0.29) is 18.9 Å². The Labute approximate surface area is 506 Å². The summed E-state index contributed by atoms with van der Waals surface area (Å²) in [6.45, 7) is 1.84. The van der Waals surface area contributed by atoms with Crippen molar-refractivity contribution < 1.29 is 89.4 Å². The largest absolute Gasteiger partial charge is 0.394 e. The molecule has 498 valence electrons. The summed E-state index contributed by atoms with van der Waals surface area (Å²) in [6.07, 6.45) is 23.2. The molecular formula is C65H125NO18. The molecule has 12 N–H and O–H groups in total. The lowest BCUT2D eigenvalue weighted by atomic mass is 9.96. The van der Waals surface area contributed by atoms with E-state index in [4.69, 9.17) is 28.4 Å². The molecule has 3 aliphatic rings. The molecule has 3 rings (SSSR count). The maximum absolute atomic E-state index is 13.4. The molecule has 19 heteroatoms. The molecule has 3 saturated heterocycles. The van der Waals surface area contributed by atoms with Crippen LogP contribution in [0, 0.1) is 0 Å². The molecule has 0 spiro atoms. The number of rotatable bonds is 53. The Hall–Kier alpha value is -1.21. The van der Waals surface area contributed by atoms with E-state index >= 15 is 0 Å². The van der Waals surface area contributed by atoms with Crippen molar-refractivity contribution in [3.8, 4) is 0 Å². The molecule has 0 saturated carbocycles. The quantitative estimate of drug-likeness (QED) is 0.0255. The molecule has 0 radical (unpaired) electrons. The van der Waals surface area contributed by atoms with Crippen molar-refractivity contribution >= 4 is 5.91 Å². The molecule has 17 unspecified atom stereocenters. The lowest BCUT2D eigenvalue weighted by Crippen LogP contribution is -2.66. The van der Waals surface area contributed by atoms with Crippen LogP contribution in [0.3, 0.4) is 0 Å². The average Bonchev–Trinajstić information content (AvgIpc) is 3.69. The van der Waals surface area contributed by atoms with E-state index < -0.39 is 124 Å². The molecule has 0 aromatic heterocycles. The number of hydrogen-bond acceptors (Lipinski definition) is 18. The lowest BCUT2D eigenvalue weighted by Gasteiger charge is -2.48. The van der Waals surface area contributed by atoms with Crippen molar-refractivity contribution in [3.63, 3.8) is 0 Å². The number of aliphatic hydroxyl groups excluding tert-OH is 11. The van der Waals surface area contributed by atoms with Gasteiger partial charge in [-0.1, -0.05) is 258 Å². The molecule has 3 heterocycles.